The fourth-order valence-corrected chi connectivity index (χ4v) is 3.07. The SMILES string of the molecule is O=C(Cc1ccnc2ccccc12)c1ccc(Br)cc1Cl. The van der Waals surface area contributed by atoms with Crippen molar-refractivity contribution in [3.63, 3.8) is 0 Å². The quantitative estimate of drug-likeness (QED) is 0.610. The molecule has 2 nitrogen and oxygen atoms in total. The fraction of sp³-hybridized carbons (Fsp3) is 0.0588. The molecule has 104 valence electrons. The monoisotopic (exact) mass is 359 g/mol. The Kier molecular flexibility index (Phi) is 4.04. The zero-order valence-corrected chi connectivity index (χ0v) is 13.4. The molecular weight excluding hydrogens is 350 g/mol. The van der Waals surface area contributed by atoms with Gasteiger partial charge in [-0.2, -0.15) is 0 Å². The third-order valence-corrected chi connectivity index (χ3v) is 4.13. The first-order valence-electron chi connectivity index (χ1n) is 6.46. The van der Waals surface area contributed by atoms with Crippen LogP contribution < -0.4 is 0 Å². The minimum Gasteiger partial charge on any atom is -0.294 e. The average Bonchev–Trinajstić information content (AvgIpc) is 2.47. The highest BCUT2D eigenvalue weighted by Crippen LogP contribution is 2.24. The number of rotatable bonds is 3. The molecule has 4 heteroatoms. The van der Waals surface area contributed by atoms with Crippen LogP contribution in [0.25, 0.3) is 10.9 Å². The molecule has 0 saturated heterocycles. The molecule has 3 rings (SSSR count). The Balaban J connectivity index is 1.97. The van der Waals surface area contributed by atoms with Crippen molar-refractivity contribution in [1.82, 2.24) is 4.98 Å². The minimum absolute atomic E-state index is 0.00357. The van der Waals surface area contributed by atoms with Crippen LogP contribution in [-0.2, 0) is 6.42 Å². The molecule has 0 radical (unpaired) electrons. The highest BCUT2D eigenvalue weighted by atomic mass is 79.9. The van der Waals surface area contributed by atoms with E-state index in [4.69, 9.17) is 11.6 Å². The summed E-state index contributed by atoms with van der Waals surface area (Å²) in [5.74, 6) is 0.00357. The zero-order chi connectivity index (χ0) is 14.8. The topological polar surface area (TPSA) is 30.0 Å². The maximum atomic E-state index is 12.5. The van der Waals surface area contributed by atoms with Crippen molar-refractivity contribution in [3.8, 4) is 0 Å². The number of Topliss-reactive ketones (excluding diaryl/α,β-unsaturated/α-hetero) is 1. The van der Waals surface area contributed by atoms with Crippen molar-refractivity contribution in [1.29, 1.82) is 0 Å². The Labute approximate surface area is 135 Å². The van der Waals surface area contributed by atoms with Gasteiger partial charge in [0.2, 0.25) is 0 Å². The van der Waals surface area contributed by atoms with Crippen LogP contribution in [0.1, 0.15) is 15.9 Å². The van der Waals surface area contributed by atoms with Gasteiger partial charge in [0.25, 0.3) is 0 Å². The van der Waals surface area contributed by atoms with Gasteiger partial charge in [0.05, 0.1) is 10.5 Å². The van der Waals surface area contributed by atoms with Crippen LogP contribution in [0, 0.1) is 0 Å². The lowest BCUT2D eigenvalue weighted by atomic mass is 10.00. The highest BCUT2D eigenvalue weighted by Gasteiger charge is 2.13. The molecular formula is C17H11BrClNO. The Morgan fingerprint density at radius 3 is 2.76 bits per heavy atom. The first-order chi connectivity index (χ1) is 10.1. The molecule has 1 heterocycles. The highest BCUT2D eigenvalue weighted by molar-refractivity contribution is 9.10. The largest absolute Gasteiger partial charge is 0.294 e. The van der Waals surface area contributed by atoms with Crippen molar-refractivity contribution in [2.75, 3.05) is 0 Å². The van der Waals surface area contributed by atoms with Crippen LogP contribution in [0.3, 0.4) is 0 Å². The number of nitrogens with zero attached hydrogens (tertiary/aromatic N) is 1. The summed E-state index contributed by atoms with van der Waals surface area (Å²) in [5.41, 5.74) is 2.40. The summed E-state index contributed by atoms with van der Waals surface area (Å²) < 4.78 is 0.860. The summed E-state index contributed by atoms with van der Waals surface area (Å²) in [4.78, 5) is 16.8. The second kappa shape index (κ2) is 5.96. The lowest BCUT2D eigenvalue weighted by Gasteiger charge is -2.07. The number of aromatic nitrogens is 1. The number of carbonyl (C=O) groups is 1. The van der Waals surface area contributed by atoms with Crippen molar-refractivity contribution < 1.29 is 4.79 Å². The molecule has 0 aliphatic heterocycles. The normalized spacial score (nSPS) is 10.8. The molecule has 0 amide bonds. The lowest BCUT2D eigenvalue weighted by Crippen LogP contribution is -2.05. The van der Waals surface area contributed by atoms with Crippen molar-refractivity contribution in [2.24, 2.45) is 0 Å². The Morgan fingerprint density at radius 2 is 1.95 bits per heavy atom. The van der Waals surface area contributed by atoms with Gasteiger partial charge in [-0.3, -0.25) is 9.78 Å². The number of carbonyl (C=O) groups excluding carboxylic acids is 1. The van der Waals surface area contributed by atoms with E-state index in [1.807, 2.05) is 36.4 Å². The number of halogens is 2. The van der Waals surface area contributed by atoms with E-state index in [1.165, 1.54) is 0 Å². The van der Waals surface area contributed by atoms with Gasteiger partial charge in [-0.05, 0) is 35.9 Å². The van der Waals surface area contributed by atoms with E-state index in [9.17, 15) is 4.79 Å². The van der Waals surface area contributed by atoms with E-state index < -0.39 is 0 Å². The number of hydrogen-bond donors (Lipinski definition) is 0. The molecule has 0 bridgehead atoms. The molecule has 0 aliphatic rings. The van der Waals surface area contributed by atoms with E-state index in [-0.39, 0.29) is 5.78 Å². The summed E-state index contributed by atoms with van der Waals surface area (Å²) in [6.07, 6.45) is 2.04. The number of pyridine rings is 1. The van der Waals surface area contributed by atoms with Crippen LogP contribution in [0.5, 0.6) is 0 Å². The summed E-state index contributed by atoms with van der Waals surface area (Å²) in [7, 11) is 0. The summed E-state index contributed by atoms with van der Waals surface area (Å²) in [5, 5.41) is 1.47. The Bertz CT molecular complexity index is 827. The Hall–Kier alpha value is -1.71. The van der Waals surface area contributed by atoms with E-state index in [1.54, 1.807) is 18.3 Å². The maximum absolute atomic E-state index is 12.5. The standard InChI is InChI=1S/C17H11BrClNO/c18-12-5-6-14(15(19)10-12)17(21)9-11-7-8-20-16-4-2-1-3-13(11)16/h1-8,10H,9H2. The predicted molar refractivity (Wildman–Crippen MR) is 88.9 cm³/mol. The third-order valence-electron chi connectivity index (χ3n) is 3.32. The summed E-state index contributed by atoms with van der Waals surface area (Å²) in [6.45, 7) is 0. The van der Waals surface area contributed by atoms with Gasteiger partial charge in [0.1, 0.15) is 0 Å². The molecule has 0 spiro atoms. The molecule has 0 unspecified atom stereocenters. The fourth-order valence-electron chi connectivity index (χ4n) is 2.29. The molecule has 0 atom stereocenters. The van der Waals surface area contributed by atoms with Gasteiger partial charge in [-0.1, -0.05) is 45.7 Å². The number of hydrogen-bond acceptors (Lipinski definition) is 2. The van der Waals surface area contributed by atoms with E-state index in [0.717, 1.165) is 20.9 Å². The van der Waals surface area contributed by atoms with Gasteiger partial charge in [-0.15, -0.1) is 0 Å². The van der Waals surface area contributed by atoms with Gasteiger partial charge >= 0.3 is 0 Å². The molecule has 0 aliphatic carbocycles. The predicted octanol–water partition coefficient (Wildman–Crippen LogP) is 5.08. The Morgan fingerprint density at radius 1 is 1.14 bits per heavy atom. The van der Waals surface area contributed by atoms with Crippen LogP contribution >= 0.6 is 27.5 Å². The van der Waals surface area contributed by atoms with Gasteiger partial charge in [-0.25, -0.2) is 0 Å². The number of ketones is 1. The second-order valence-corrected chi connectivity index (χ2v) is 6.03. The molecule has 0 N–H and O–H groups in total. The number of fused-ring (bicyclic) bond motifs is 1. The molecule has 1 aromatic heterocycles. The van der Waals surface area contributed by atoms with Crippen molar-refractivity contribution >= 4 is 44.2 Å². The third kappa shape index (κ3) is 2.99. The van der Waals surface area contributed by atoms with E-state index >= 15 is 0 Å². The molecule has 0 fully saturated rings. The van der Waals surface area contributed by atoms with Crippen LogP contribution in [0.4, 0.5) is 0 Å². The minimum atomic E-state index is 0.00357. The summed E-state index contributed by atoms with van der Waals surface area (Å²) in [6, 6.07) is 15.0. The average molecular weight is 361 g/mol. The number of para-hydroxylation sites is 1. The second-order valence-electron chi connectivity index (χ2n) is 4.71. The smallest absolute Gasteiger partial charge is 0.168 e. The lowest BCUT2D eigenvalue weighted by molar-refractivity contribution is 0.0993. The van der Waals surface area contributed by atoms with Crippen LogP contribution in [0.15, 0.2) is 59.2 Å². The molecule has 0 saturated carbocycles. The maximum Gasteiger partial charge on any atom is 0.168 e. The van der Waals surface area contributed by atoms with Gasteiger partial charge < -0.3 is 0 Å². The van der Waals surface area contributed by atoms with E-state index in [2.05, 4.69) is 20.9 Å². The van der Waals surface area contributed by atoms with Gasteiger partial charge in [0, 0.05) is 28.0 Å². The zero-order valence-electron chi connectivity index (χ0n) is 11.0. The van der Waals surface area contributed by atoms with Gasteiger partial charge in [0.15, 0.2) is 5.78 Å². The number of benzene rings is 2. The van der Waals surface area contributed by atoms with Crippen LogP contribution in [0.2, 0.25) is 5.02 Å². The first-order valence-corrected chi connectivity index (χ1v) is 7.63. The molecule has 3 aromatic rings. The molecule has 2 aromatic carbocycles. The molecule has 21 heavy (non-hydrogen) atoms. The summed E-state index contributed by atoms with van der Waals surface area (Å²) >= 11 is 9.49. The van der Waals surface area contributed by atoms with Crippen molar-refractivity contribution in [2.45, 2.75) is 6.42 Å². The van der Waals surface area contributed by atoms with E-state index in [0.29, 0.717) is 17.0 Å². The van der Waals surface area contributed by atoms with Crippen LogP contribution in [-0.4, -0.2) is 10.8 Å². The van der Waals surface area contributed by atoms with Crippen molar-refractivity contribution in [3.05, 3.63) is 75.4 Å². The first kappa shape index (κ1) is 14.2.